The number of aromatic hydroxyl groups is 1. The van der Waals surface area contributed by atoms with E-state index in [1.807, 2.05) is 12.1 Å². The summed E-state index contributed by atoms with van der Waals surface area (Å²) < 4.78 is 2.29. The summed E-state index contributed by atoms with van der Waals surface area (Å²) in [4.78, 5) is 4.04. The minimum atomic E-state index is 0.0744. The van der Waals surface area contributed by atoms with Gasteiger partial charge < -0.3 is 5.11 Å². The Balaban J connectivity index is 2.86. The molecular weight excluding hydrogens is 392 g/mol. The number of rotatable bonds is 0. The van der Waals surface area contributed by atoms with Crippen molar-refractivity contribution in [3.8, 4) is 5.88 Å². The SMILES string of the molecule is Oc1ccc2c(I)cc(I)cc2n1. The van der Waals surface area contributed by atoms with Gasteiger partial charge in [0.2, 0.25) is 5.88 Å². The zero-order valence-electron chi connectivity index (χ0n) is 6.46. The molecule has 4 heteroatoms. The van der Waals surface area contributed by atoms with Gasteiger partial charge in [-0.3, -0.25) is 0 Å². The first-order valence-electron chi connectivity index (χ1n) is 3.61. The molecule has 1 aromatic heterocycles. The smallest absolute Gasteiger partial charge is 0.211 e. The largest absolute Gasteiger partial charge is 0.493 e. The van der Waals surface area contributed by atoms with Crippen LogP contribution in [0.25, 0.3) is 10.9 Å². The van der Waals surface area contributed by atoms with Crippen LogP contribution in [-0.4, -0.2) is 10.1 Å². The molecule has 0 unspecified atom stereocenters. The second kappa shape index (κ2) is 3.56. The van der Waals surface area contributed by atoms with E-state index in [2.05, 4.69) is 56.2 Å². The molecular formula is C9H5I2NO. The Morgan fingerprint density at radius 1 is 1.15 bits per heavy atom. The molecule has 2 aromatic rings. The molecule has 0 atom stereocenters. The van der Waals surface area contributed by atoms with Gasteiger partial charge in [0.05, 0.1) is 5.52 Å². The fourth-order valence-corrected chi connectivity index (χ4v) is 3.14. The first-order valence-corrected chi connectivity index (χ1v) is 5.77. The summed E-state index contributed by atoms with van der Waals surface area (Å²) in [6.45, 7) is 0. The Morgan fingerprint density at radius 2 is 1.92 bits per heavy atom. The van der Waals surface area contributed by atoms with E-state index in [-0.39, 0.29) is 5.88 Å². The Labute approximate surface area is 103 Å². The molecule has 0 aliphatic carbocycles. The van der Waals surface area contributed by atoms with Crippen molar-refractivity contribution < 1.29 is 5.11 Å². The molecule has 0 spiro atoms. The van der Waals surface area contributed by atoms with Crippen molar-refractivity contribution in [2.24, 2.45) is 0 Å². The number of aromatic nitrogens is 1. The molecule has 0 saturated carbocycles. The average molecular weight is 397 g/mol. The average Bonchev–Trinajstić information content (AvgIpc) is 2.02. The molecule has 1 N–H and O–H groups in total. The van der Waals surface area contributed by atoms with Crippen molar-refractivity contribution in [1.29, 1.82) is 0 Å². The lowest BCUT2D eigenvalue weighted by atomic mass is 10.2. The maximum atomic E-state index is 9.20. The van der Waals surface area contributed by atoms with Crippen molar-refractivity contribution in [1.82, 2.24) is 4.98 Å². The highest BCUT2D eigenvalue weighted by Gasteiger charge is 2.02. The van der Waals surface area contributed by atoms with Crippen LogP contribution in [-0.2, 0) is 0 Å². The molecule has 1 heterocycles. The van der Waals surface area contributed by atoms with Gasteiger partial charge in [0.25, 0.3) is 0 Å². The van der Waals surface area contributed by atoms with E-state index in [0.717, 1.165) is 18.0 Å². The van der Waals surface area contributed by atoms with Crippen LogP contribution in [0.4, 0.5) is 0 Å². The van der Waals surface area contributed by atoms with Gasteiger partial charge >= 0.3 is 0 Å². The van der Waals surface area contributed by atoms with Gasteiger partial charge in [-0.25, -0.2) is 4.98 Å². The maximum absolute atomic E-state index is 9.20. The lowest BCUT2D eigenvalue weighted by Crippen LogP contribution is -1.84. The summed E-state index contributed by atoms with van der Waals surface area (Å²) in [6, 6.07) is 7.53. The fourth-order valence-electron chi connectivity index (χ4n) is 1.15. The molecule has 0 fully saturated rings. The minimum absolute atomic E-state index is 0.0744. The molecule has 0 radical (unpaired) electrons. The van der Waals surface area contributed by atoms with E-state index < -0.39 is 0 Å². The maximum Gasteiger partial charge on any atom is 0.211 e. The molecule has 66 valence electrons. The zero-order chi connectivity index (χ0) is 9.42. The highest BCUT2D eigenvalue weighted by molar-refractivity contribution is 14.1. The number of hydrogen-bond donors (Lipinski definition) is 1. The summed E-state index contributed by atoms with van der Waals surface area (Å²) in [5.74, 6) is 0.0744. The molecule has 0 aliphatic heterocycles. The van der Waals surface area contributed by atoms with E-state index in [1.165, 1.54) is 0 Å². The molecule has 0 bridgehead atoms. The topological polar surface area (TPSA) is 33.1 Å². The molecule has 1 aromatic carbocycles. The number of hydrogen-bond acceptors (Lipinski definition) is 2. The Hall–Kier alpha value is -0.110. The lowest BCUT2D eigenvalue weighted by Gasteiger charge is -2.01. The molecule has 0 amide bonds. The summed E-state index contributed by atoms with van der Waals surface area (Å²) in [5, 5.41) is 10.3. The van der Waals surface area contributed by atoms with Crippen molar-refractivity contribution >= 4 is 56.1 Å². The van der Waals surface area contributed by atoms with Gasteiger partial charge in [-0.05, 0) is 63.4 Å². The van der Waals surface area contributed by atoms with Crippen LogP contribution in [0.3, 0.4) is 0 Å². The highest BCUT2D eigenvalue weighted by Crippen LogP contribution is 2.23. The minimum Gasteiger partial charge on any atom is -0.493 e. The van der Waals surface area contributed by atoms with Gasteiger partial charge in [-0.2, -0.15) is 0 Å². The van der Waals surface area contributed by atoms with Gasteiger partial charge in [-0.15, -0.1) is 0 Å². The van der Waals surface area contributed by atoms with E-state index in [0.29, 0.717) is 0 Å². The summed E-state index contributed by atoms with van der Waals surface area (Å²) in [7, 11) is 0. The molecule has 13 heavy (non-hydrogen) atoms. The third kappa shape index (κ3) is 1.88. The monoisotopic (exact) mass is 397 g/mol. The van der Waals surface area contributed by atoms with Crippen LogP contribution < -0.4 is 0 Å². The Bertz CT molecular complexity index is 465. The van der Waals surface area contributed by atoms with Crippen LogP contribution in [0.5, 0.6) is 5.88 Å². The number of pyridine rings is 1. The van der Waals surface area contributed by atoms with E-state index in [9.17, 15) is 5.11 Å². The summed E-state index contributed by atoms with van der Waals surface area (Å²) in [5.41, 5.74) is 0.844. The normalized spacial score (nSPS) is 10.6. The standard InChI is InChI=1S/C9H5I2NO/c10-5-3-7(11)6-1-2-9(13)12-8(6)4-5/h1-4H,(H,12,13). The Morgan fingerprint density at radius 3 is 2.69 bits per heavy atom. The molecule has 2 nitrogen and oxygen atoms in total. The number of halogens is 2. The molecule has 0 saturated heterocycles. The number of fused-ring (bicyclic) bond motifs is 1. The van der Waals surface area contributed by atoms with Crippen LogP contribution >= 0.6 is 45.2 Å². The number of benzene rings is 1. The van der Waals surface area contributed by atoms with Crippen LogP contribution in [0.15, 0.2) is 24.3 Å². The van der Waals surface area contributed by atoms with Crippen LogP contribution in [0.2, 0.25) is 0 Å². The highest BCUT2D eigenvalue weighted by atomic mass is 127. The third-order valence-corrected chi connectivity index (χ3v) is 3.22. The van der Waals surface area contributed by atoms with Crippen molar-refractivity contribution in [2.75, 3.05) is 0 Å². The van der Waals surface area contributed by atoms with E-state index in [4.69, 9.17) is 0 Å². The van der Waals surface area contributed by atoms with Gasteiger partial charge in [0.1, 0.15) is 0 Å². The fraction of sp³-hybridized carbons (Fsp3) is 0. The molecule has 2 rings (SSSR count). The first-order chi connectivity index (χ1) is 6.16. The predicted octanol–water partition coefficient (Wildman–Crippen LogP) is 3.15. The second-order valence-electron chi connectivity index (χ2n) is 2.62. The van der Waals surface area contributed by atoms with Crippen molar-refractivity contribution in [3.05, 3.63) is 31.4 Å². The van der Waals surface area contributed by atoms with Gasteiger partial charge in [0.15, 0.2) is 0 Å². The van der Waals surface area contributed by atoms with Crippen LogP contribution in [0, 0.1) is 7.14 Å². The van der Waals surface area contributed by atoms with Crippen molar-refractivity contribution in [3.63, 3.8) is 0 Å². The predicted molar refractivity (Wildman–Crippen MR) is 68.8 cm³/mol. The van der Waals surface area contributed by atoms with Crippen LogP contribution in [0.1, 0.15) is 0 Å². The quantitative estimate of drug-likeness (QED) is 0.694. The molecule has 0 aliphatic rings. The van der Waals surface area contributed by atoms with Gasteiger partial charge in [-0.1, -0.05) is 0 Å². The lowest BCUT2D eigenvalue weighted by molar-refractivity contribution is 0.456. The second-order valence-corrected chi connectivity index (χ2v) is 5.03. The Kier molecular flexibility index (Phi) is 2.59. The number of nitrogens with zero attached hydrogens (tertiary/aromatic N) is 1. The van der Waals surface area contributed by atoms with E-state index >= 15 is 0 Å². The summed E-state index contributed by atoms with van der Waals surface area (Å²) >= 11 is 4.51. The van der Waals surface area contributed by atoms with E-state index in [1.54, 1.807) is 6.07 Å². The zero-order valence-corrected chi connectivity index (χ0v) is 10.8. The van der Waals surface area contributed by atoms with Gasteiger partial charge in [0, 0.05) is 18.6 Å². The third-order valence-electron chi connectivity index (χ3n) is 1.71. The summed E-state index contributed by atoms with van der Waals surface area (Å²) in [6.07, 6.45) is 0. The van der Waals surface area contributed by atoms with Crippen molar-refractivity contribution in [2.45, 2.75) is 0 Å². The first kappa shape index (κ1) is 9.45.